The SMILES string of the molecule is CN=C(NCCCOC)NC1CCN(c2ncc(C(F)(F)F)cc2Cl)C1.I. The van der Waals surface area contributed by atoms with Gasteiger partial charge in [-0.05, 0) is 18.9 Å². The summed E-state index contributed by atoms with van der Waals surface area (Å²) in [7, 11) is 3.34. The molecule has 1 unspecified atom stereocenters. The number of pyridine rings is 1. The fourth-order valence-corrected chi connectivity index (χ4v) is 2.99. The van der Waals surface area contributed by atoms with Crippen LogP contribution in [0.25, 0.3) is 0 Å². The highest BCUT2D eigenvalue weighted by Crippen LogP contribution is 2.34. The summed E-state index contributed by atoms with van der Waals surface area (Å²) in [6.07, 6.45) is -1.97. The topological polar surface area (TPSA) is 61.8 Å². The smallest absolute Gasteiger partial charge is 0.385 e. The molecule has 2 heterocycles. The number of nitrogens with zero attached hydrogens (tertiary/aromatic N) is 3. The van der Waals surface area contributed by atoms with Crippen LogP contribution in [0.5, 0.6) is 0 Å². The molecule has 0 bridgehead atoms. The maximum Gasteiger partial charge on any atom is 0.417 e. The zero-order valence-electron chi connectivity index (χ0n) is 15.1. The molecular weight excluding hydrogens is 498 g/mol. The number of aromatic nitrogens is 1. The molecule has 154 valence electrons. The summed E-state index contributed by atoms with van der Waals surface area (Å²) >= 11 is 6.02. The number of rotatable bonds is 6. The van der Waals surface area contributed by atoms with Crippen LogP contribution >= 0.6 is 35.6 Å². The van der Waals surface area contributed by atoms with Crippen LogP contribution in [-0.4, -0.2) is 57.4 Å². The predicted molar refractivity (Wildman–Crippen MR) is 111 cm³/mol. The lowest BCUT2D eigenvalue weighted by Gasteiger charge is -2.21. The number of hydrogen-bond donors (Lipinski definition) is 2. The van der Waals surface area contributed by atoms with Gasteiger partial charge in [-0.25, -0.2) is 4.98 Å². The molecule has 0 spiro atoms. The number of nitrogens with one attached hydrogen (secondary N) is 2. The Hall–Kier alpha value is -1.01. The molecule has 0 saturated carbocycles. The highest BCUT2D eigenvalue weighted by atomic mass is 127. The standard InChI is InChI=1S/C16H23ClF3N5O.HI/c1-21-15(22-5-3-7-26-2)24-12-4-6-25(10-12)14-13(17)8-11(9-23-14)16(18,19)20;/h8-9,12H,3-7,10H2,1-2H3,(H2,21,22,24);1H. The van der Waals surface area contributed by atoms with Crippen LogP contribution in [0.4, 0.5) is 19.0 Å². The summed E-state index contributed by atoms with van der Waals surface area (Å²) in [6.45, 7) is 2.63. The van der Waals surface area contributed by atoms with Crippen molar-refractivity contribution in [2.24, 2.45) is 4.99 Å². The average Bonchev–Trinajstić information content (AvgIpc) is 3.05. The first-order valence-electron chi connectivity index (χ1n) is 8.29. The van der Waals surface area contributed by atoms with E-state index in [4.69, 9.17) is 16.3 Å². The van der Waals surface area contributed by atoms with Gasteiger partial charge in [0.15, 0.2) is 5.96 Å². The fourth-order valence-electron chi connectivity index (χ4n) is 2.70. The third kappa shape index (κ3) is 7.15. The molecule has 1 aromatic heterocycles. The van der Waals surface area contributed by atoms with Crippen LogP contribution in [-0.2, 0) is 10.9 Å². The second-order valence-corrected chi connectivity index (χ2v) is 6.36. The van der Waals surface area contributed by atoms with Gasteiger partial charge >= 0.3 is 6.18 Å². The molecule has 11 heteroatoms. The van der Waals surface area contributed by atoms with Crippen LogP contribution in [0.2, 0.25) is 5.02 Å². The monoisotopic (exact) mass is 521 g/mol. The van der Waals surface area contributed by atoms with Crippen molar-refractivity contribution in [3.05, 3.63) is 22.8 Å². The zero-order chi connectivity index (χ0) is 19.2. The Bertz CT molecular complexity index is 633. The van der Waals surface area contributed by atoms with E-state index in [0.29, 0.717) is 31.5 Å². The van der Waals surface area contributed by atoms with Crippen molar-refractivity contribution in [3.63, 3.8) is 0 Å². The lowest BCUT2D eigenvalue weighted by Crippen LogP contribution is -2.45. The van der Waals surface area contributed by atoms with Crippen LogP contribution in [0.1, 0.15) is 18.4 Å². The highest BCUT2D eigenvalue weighted by molar-refractivity contribution is 14.0. The predicted octanol–water partition coefficient (Wildman–Crippen LogP) is 3.15. The van der Waals surface area contributed by atoms with Crippen molar-refractivity contribution in [2.75, 3.05) is 45.3 Å². The van der Waals surface area contributed by atoms with E-state index in [9.17, 15) is 13.2 Å². The minimum Gasteiger partial charge on any atom is -0.385 e. The van der Waals surface area contributed by atoms with Gasteiger partial charge < -0.3 is 20.3 Å². The minimum absolute atomic E-state index is 0. The molecule has 1 aromatic rings. The van der Waals surface area contributed by atoms with E-state index in [1.807, 2.05) is 4.90 Å². The summed E-state index contributed by atoms with van der Waals surface area (Å²) in [5.41, 5.74) is -0.846. The van der Waals surface area contributed by atoms with Crippen LogP contribution < -0.4 is 15.5 Å². The second-order valence-electron chi connectivity index (χ2n) is 5.95. The molecule has 0 radical (unpaired) electrons. The highest BCUT2D eigenvalue weighted by Gasteiger charge is 2.33. The Morgan fingerprint density at radius 3 is 2.81 bits per heavy atom. The summed E-state index contributed by atoms with van der Waals surface area (Å²) in [5.74, 6) is 1.05. The number of aliphatic imine (C=N–C) groups is 1. The second kappa shape index (κ2) is 11.1. The molecule has 0 aliphatic carbocycles. The van der Waals surface area contributed by atoms with E-state index in [2.05, 4.69) is 20.6 Å². The number of ether oxygens (including phenoxy) is 1. The van der Waals surface area contributed by atoms with E-state index in [1.165, 1.54) is 0 Å². The van der Waals surface area contributed by atoms with Gasteiger partial charge in [-0.15, -0.1) is 24.0 Å². The zero-order valence-corrected chi connectivity index (χ0v) is 18.2. The van der Waals surface area contributed by atoms with E-state index < -0.39 is 11.7 Å². The normalized spacial score (nSPS) is 17.6. The van der Waals surface area contributed by atoms with E-state index in [0.717, 1.165) is 31.6 Å². The third-order valence-electron chi connectivity index (χ3n) is 4.02. The van der Waals surface area contributed by atoms with Gasteiger partial charge in [0.05, 0.1) is 10.6 Å². The fraction of sp³-hybridized carbons (Fsp3) is 0.625. The van der Waals surface area contributed by atoms with Crippen LogP contribution in [0.15, 0.2) is 17.3 Å². The van der Waals surface area contributed by atoms with Gasteiger partial charge in [-0.3, -0.25) is 4.99 Å². The lowest BCUT2D eigenvalue weighted by atomic mass is 10.2. The first-order valence-corrected chi connectivity index (χ1v) is 8.66. The number of hydrogen-bond acceptors (Lipinski definition) is 4. The molecule has 1 aliphatic rings. The van der Waals surface area contributed by atoms with Crippen molar-refractivity contribution in [1.82, 2.24) is 15.6 Å². The van der Waals surface area contributed by atoms with Gasteiger partial charge in [-0.2, -0.15) is 13.2 Å². The molecular formula is C16H24ClF3IN5O. The molecule has 1 aliphatic heterocycles. The molecule has 1 saturated heterocycles. The molecule has 1 fully saturated rings. The Labute approximate surface area is 178 Å². The number of guanidine groups is 1. The molecule has 1 atom stereocenters. The largest absolute Gasteiger partial charge is 0.417 e. The molecule has 6 nitrogen and oxygen atoms in total. The quantitative estimate of drug-likeness (QED) is 0.261. The van der Waals surface area contributed by atoms with Crippen molar-refractivity contribution in [2.45, 2.75) is 25.1 Å². The Morgan fingerprint density at radius 2 is 2.22 bits per heavy atom. The number of halogens is 5. The first kappa shape index (κ1) is 24.0. The number of anilines is 1. The van der Waals surface area contributed by atoms with Crippen molar-refractivity contribution < 1.29 is 17.9 Å². The Morgan fingerprint density at radius 1 is 1.48 bits per heavy atom. The van der Waals surface area contributed by atoms with E-state index >= 15 is 0 Å². The summed E-state index contributed by atoms with van der Waals surface area (Å²) in [6, 6.07) is 1.02. The minimum atomic E-state index is -4.45. The van der Waals surface area contributed by atoms with Gasteiger partial charge in [0.1, 0.15) is 5.82 Å². The maximum atomic E-state index is 12.7. The van der Waals surface area contributed by atoms with Gasteiger partial charge in [0, 0.05) is 52.6 Å². The molecule has 2 rings (SSSR count). The van der Waals surface area contributed by atoms with Crippen molar-refractivity contribution in [1.29, 1.82) is 0 Å². The maximum absolute atomic E-state index is 12.7. The third-order valence-corrected chi connectivity index (χ3v) is 4.30. The first-order chi connectivity index (χ1) is 12.3. The Balaban J connectivity index is 0.00000364. The molecule has 27 heavy (non-hydrogen) atoms. The summed E-state index contributed by atoms with van der Waals surface area (Å²) < 4.78 is 43.2. The summed E-state index contributed by atoms with van der Waals surface area (Å²) in [4.78, 5) is 9.96. The van der Waals surface area contributed by atoms with Crippen LogP contribution in [0, 0.1) is 0 Å². The average molecular weight is 522 g/mol. The van der Waals surface area contributed by atoms with Crippen molar-refractivity contribution in [3.8, 4) is 0 Å². The van der Waals surface area contributed by atoms with Gasteiger partial charge in [0.25, 0.3) is 0 Å². The van der Waals surface area contributed by atoms with Crippen LogP contribution in [0.3, 0.4) is 0 Å². The molecule has 0 amide bonds. The summed E-state index contributed by atoms with van der Waals surface area (Å²) in [5, 5.41) is 6.50. The van der Waals surface area contributed by atoms with E-state index in [-0.39, 0.29) is 35.0 Å². The van der Waals surface area contributed by atoms with Crippen molar-refractivity contribution >= 4 is 47.4 Å². The number of methoxy groups -OCH3 is 1. The molecule has 0 aromatic carbocycles. The molecule has 2 N–H and O–H groups in total. The van der Waals surface area contributed by atoms with Gasteiger partial charge in [-0.1, -0.05) is 11.6 Å². The Kier molecular flexibility index (Phi) is 9.88. The van der Waals surface area contributed by atoms with Gasteiger partial charge in [0.2, 0.25) is 0 Å². The lowest BCUT2D eigenvalue weighted by molar-refractivity contribution is -0.137. The van der Waals surface area contributed by atoms with E-state index in [1.54, 1.807) is 14.2 Å². The number of alkyl halides is 3.